The fourth-order valence-electron chi connectivity index (χ4n) is 8.57. The van der Waals surface area contributed by atoms with Gasteiger partial charge in [-0.2, -0.15) is 0 Å². The lowest BCUT2D eigenvalue weighted by Gasteiger charge is -2.18. The Morgan fingerprint density at radius 1 is 0.266 bits per heavy atom. The summed E-state index contributed by atoms with van der Waals surface area (Å²) in [6.45, 7) is 6.37. The number of hydrogen-bond donors (Lipinski definition) is 0. The molecule has 6 heteroatoms. The second-order valence-corrected chi connectivity index (χ2v) is 20.9. The number of hydrogen-bond acceptors (Lipinski definition) is 6. The number of ether oxygens (including phenoxy) is 3. The van der Waals surface area contributed by atoms with Crippen molar-refractivity contribution in [3.05, 3.63) is 146 Å². The average Bonchev–Trinajstić information content (AvgIpc) is 3.45. The molecule has 0 aromatic heterocycles. The van der Waals surface area contributed by atoms with E-state index in [9.17, 15) is 14.4 Å². The van der Waals surface area contributed by atoms with E-state index in [0.717, 1.165) is 141 Å². The van der Waals surface area contributed by atoms with Gasteiger partial charge in [-0.15, -0.1) is 0 Å². The fourth-order valence-corrected chi connectivity index (χ4v) is 8.57. The van der Waals surface area contributed by atoms with Crippen LogP contribution in [-0.4, -0.2) is 37.2 Å². The zero-order valence-electron chi connectivity index (χ0n) is 51.1. The topological polar surface area (TPSA) is 78.9 Å². The van der Waals surface area contributed by atoms with Gasteiger partial charge in [0.1, 0.15) is 13.2 Å². The van der Waals surface area contributed by atoms with Gasteiger partial charge in [-0.3, -0.25) is 14.4 Å². The first-order valence-electron chi connectivity index (χ1n) is 32.3. The third kappa shape index (κ3) is 64.0. The van der Waals surface area contributed by atoms with Crippen LogP contribution >= 0.6 is 0 Å². The van der Waals surface area contributed by atoms with Crippen LogP contribution in [0.2, 0.25) is 0 Å². The van der Waals surface area contributed by atoms with Crippen LogP contribution in [0.3, 0.4) is 0 Å². The molecule has 79 heavy (non-hydrogen) atoms. The van der Waals surface area contributed by atoms with Crippen LogP contribution in [0.1, 0.15) is 278 Å². The lowest BCUT2D eigenvalue weighted by Crippen LogP contribution is -2.30. The molecule has 0 spiro atoms. The van der Waals surface area contributed by atoms with Crippen LogP contribution in [0.5, 0.6) is 0 Å². The second kappa shape index (κ2) is 65.8. The highest BCUT2D eigenvalue weighted by Crippen LogP contribution is 2.15. The largest absolute Gasteiger partial charge is 0.462 e. The molecule has 0 rings (SSSR count). The standard InChI is InChI=1S/C73H118O6/c1-4-7-10-13-16-19-22-25-28-29-30-31-32-33-34-35-36-37-38-39-40-41-42-43-46-48-51-54-57-60-63-66-72(75)78-69-70(79-73(76)67-64-61-58-55-52-49-45-27-24-21-18-15-12-9-6-3)68-77-71(74)65-62-59-56-53-50-47-44-26-23-20-17-14-11-8-5-2/h7,9-10,12,16,18-19,21,25,27-28,30-31,33-34,36-37,39-40,42-43,45,52,55,70H,4-6,8,11,13-15,17,20,22-24,26,29,32,35,38,41,44,46-51,53-54,56-69H2,1-3H3/b10-7-,12-9-,19-16-,21-18-,28-25-,31-30-,34-33-,37-36-,40-39-,43-42-,45-27-,55-52-. The fraction of sp³-hybridized carbons (Fsp3) is 0.630. The predicted octanol–water partition coefficient (Wildman–Crippen LogP) is 22.3. The molecule has 0 N–H and O–H groups in total. The Morgan fingerprint density at radius 2 is 0.494 bits per heavy atom. The number of allylic oxidation sites excluding steroid dienone is 24. The van der Waals surface area contributed by atoms with Crippen molar-refractivity contribution < 1.29 is 28.6 Å². The van der Waals surface area contributed by atoms with Crippen molar-refractivity contribution in [3.8, 4) is 0 Å². The summed E-state index contributed by atoms with van der Waals surface area (Å²) in [5.41, 5.74) is 0. The van der Waals surface area contributed by atoms with Gasteiger partial charge >= 0.3 is 17.9 Å². The van der Waals surface area contributed by atoms with E-state index < -0.39 is 6.10 Å². The molecule has 0 heterocycles. The van der Waals surface area contributed by atoms with E-state index in [1.54, 1.807) is 0 Å². The number of esters is 3. The lowest BCUT2D eigenvalue weighted by atomic mass is 10.0. The maximum Gasteiger partial charge on any atom is 0.306 e. The van der Waals surface area contributed by atoms with Crippen molar-refractivity contribution in [3.63, 3.8) is 0 Å². The Balaban J connectivity index is 4.38. The molecule has 0 radical (unpaired) electrons. The summed E-state index contributed by atoms with van der Waals surface area (Å²) in [4.78, 5) is 38.3. The van der Waals surface area contributed by atoms with Crippen LogP contribution in [0.25, 0.3) is 0 Å². The van der Waals surface area contributed by atoms with Gasteiger partial charge in [0.2, 0.25) is 0 Å². The number of carbonyl (C=O) groups is 3. The summed E-state index contributed by atoms with van der Waals surface area (Å²) in [5.74, 6) is -0.957. The quantitative estimate of drug-likeness (QED) is 0.0261. The lowest BCUT2D eigenvalue weighted by molar-refractivity contribution is -0.167. The van der Waals surface area contributed by atoms with E-state index in [1.807, 2.05) is 0 Å². The highest BCUT2D eigenvalue weighted by atomic mass is 16.6. The normalized spacial score (nSPS) is 13.1. The Bertz CT molecular complexity index is 1730. The van der Waals surface area contributed by atoms with Gasteiger partial charge in [-0.05, 0) is 122 Å². The van der Waals surface area contributed by atoms with Crippen molar-refractivity contribution in [2.45, 2.75) is 284 Å². The maximum absolute atomic E-state index is 12.9. The summed E-state index contributed by atoms with van der Waals surface area (Å²) >= 11 is 0. The van der Waals surface area contributed by atoms with Gasteiger partial charge in [-0.25, -0.2) is 0 Å². The average molecular weight is 1090 g/mol. The number of carbonyl (C=O) groups excluding carboxylic acids is 3. The molecular formula is C73H118O6. The van der Waals surface area contributed by atoms with Crippen molar-refractivity contribution in [2.24, 2.45) is 0 Å². The smallest absolute Gasteiger partial charge is 0.306 e. The summed E-state index contributed by atoms with van der Waals surface area (Å²) in [5, 5.41) is 0. The third-order valence-corrected chi connectivity index (χ3v) is 13.3. The minimum absolute atomic E-state index is 0.102. The van der Waals surface area contributed by atoms with Gasteiger partial charge in [0.25, 0.3) is 0 Å². The summed E-state index contributed by atoms with van der Waals surface area (Å²) in [6, 6.07) is 0. The Morgan fingerprint density at radius 3 is 0.797 bits per heavy atom. The van der Waals surface area contributed by atoms with Gasteiger partial charge in [0.15, 0.2) is 6.10 Å². The minimum Gasteiger partial charge on any atom is -0.462 e. The van der Waals surface area contributed by atoms with Crippen molar-refractivity contribution in [2.75, 3.05) is 13.2 Å². The van der Waals surface area contributed by atoms with Crippen LogP contribution in [0, 0.1) is 0 Å². The van der Waals surface area contributed by atoms with Crippen LogP contribution in [0.15, 0.2) is 146 Å². The van der Waals surface area contributed by atoms with Crippen molar-refractivity contribution in [1.82, 2.24) is 0 Å². The molecule has 0 amide bonds. The maximum atomic E-state index is 12.9. The van der Waals surface area contributed by atoms with Gasteiger partial charge < -0.3 is 14.2 Å². The van der Waals surface area contributed by atoms with E-state index in [-0.39, 0.29) is 37.5 Å². The molecule has 446 valence electrons. The van der Waals surface area contributed by atoms with Crippen LogP contribution in [0.4, 0.5) is 0 Å². The van der Waals surface area contributed by atoms with Crippen molar-refractivity contribution >= 4 is 17.9 Å². The summed E-state index contributed by atoms with van der Waals surface area (Å²) in [6.07, 6.45) is 94.3. The SMILES string of the molecule is CC/C=C\C/C=C\C/C=C\C/C=C\C/C=C\C/C=C\C/C=C\C/C=C\CCCCCCCCC(=O)OCC(COC(=O)CCCCCCCCCCCCCCCCC)OC(=O)CCCC/C=C\C/C=C\C/C=C\C/C=C\CC. The van der Waals surface area contributed by atoms with E-state index >= 15 is 0 Å². The van der Waals surface area contributed by atoms with E-state index in [2.05, 4.69) is 167 Å². The van der Waals surface area contributed by atoms with Gasteiger partial charge in [0.05, 0.1) is 0 Å². The zero-order chi connectivity index (χ0) is 57.1. The Hall–Kier alpha value is -4.71. The van der Waals surface area contributed by atoms with E-state index in [1.165, 1.54) is 89.9 Å². The number of unbranched alkanes of at least 4 members (excludes halogenated alkanes) is 22. The monoisotopic (exact) mass is 1090 g/mol. The Labute approximate surface area is 487 Å². The number of rotatable bonds is 57. The molecule has 0 aliphatic heterocycles. The summed E-state index contributed by atoms with van der Waals surface area (Å²) < 4.78 is 16.9. The van der Waals surface area contributed by atoms with Crippen molar-refractivity contribution in [1.29, 1.82) is 0 Å². The van der Waals surface area contributed by atoms with Crippen LogP contribution < -0.4 is 0 Å². The minimum atomic E-state index is -0.811. The molecule has 0 saturated heterocycles. The molecule has 0 aromatic carbocycles. The summed E-state index contributed by atoms with van der Waals surface area (Å²) in [7, 11) is 0. The molecular weight excluding hydrogens is 973 g/mol. The first-order valence-corrected chi connectivity index (χ1v) is 32.3. The van der Waals surface area contributed by atoms with E-state index in [4.69, 9.17) is 14.2 Å². The molecule has 0 aromatic rings. The molecule has 0 fully saturated rings. The molecule has 0 bridgehead atoms. The van der Waals surface area contributed by atoms with Gasteiger partial charge in [-0.1, -0.05) is 282 Å². The van der Waals surface area contributed by atoms with Crippen LogP contribution in [-0.2, 0) is 28.6 Å². The molecule has 6 nitrogen and oxygen atoms in total. The third-order valence-electron chi connectivity index (χ3n) is 13.3. The second-order valence-electron chi connectivity index (χ2n) is 20.9. The highest BCUT2D eigenvalue weighted by Gasteiger charge is 2.19. The Kier molecular flexibility index (Phi) is 61.9. The molecule has 0 aliphatic rings. The molecule has 0 aliphatic carbocycles. The highest BCUT2D eigenvalue weighted by molar-refractivity contribution is 5.71. The van der Waals surface area contributed by atoms with Gasteiger partial charge in [0, 0.05) is 19.3 Å². The van der Waals surface area contributed by atoms with E-state index in [0.29, 0.717) is 19.3 Å². The molecule has 1 unspecified atom stereocenters. The predicted molar refractivity (Wildman–Crippen MR) is 343 cm³/mol. The first-order chi connectivity index (χ1) is 39.0. The molecule has 0 saturated carbocycles. The first kappa shape index (κ1) is 74.3. The molecule has 1 atom stereocenters. The zero-order valence-corrected chi connectivity index (χ0v) is 51.1.